The van der Waals surface area contributed by atoms with Gasteiger partial charge in [0.05, 0.1) is 7.14 Å². The van der Waals surface area contributed by atoms with Crippen LogP contribution in [0.5, 0.6) is 5.75 Å². The molecule has 12 heavy (non-hydrogen) atoms. The van der Waals surface area contributed by atoms with Gasteiger partial charge in [-0.2, -0.15) is 0 Å². The molecule has 0 radical (unpaired) electrons. The van der Waals surface area contributed by atoms with E-state index in [9.17, 15) is 5.11 Å². The van der Waals surface area contributed by atoms with Gasteiger partial charge in [0.2, 0.25) is 0 Å². The zero-order valence-electron chi connectivity index (χ0n) is 6.56. The Morgan fingerprint density at radius 3 is 2.50 bits per heavy atom. The molecule has 0 bridgehead atoms. The molecule has 64 valence electrons. The average molecular weight is 386 g/mol. The van der Waals surface area contributed by atoms with E-state index in [0.717, 1.165) is 18.3 Å². The van der Waals surface area contributed by atoms with E-state index in [-0.39, 0.29) is 0 Å². The Labute approximate surface area is 99.2 Å². The first-order valence-corrected chi connectivity index (χ1v) is 5.53. The largest absolute Gasteiger partial charge is 0.506 e. The number of aromatic hydroxyl groups is 1. The van der Waals surface area contributed by atoms with Gasteiger partial charge < -0.3 is 5.11 Å². The Morgan fingerprint density at radius 1 is 1.42 bits per heavy atom. The second-order valence-electron chi connectivity index (χ2n) is 2.46. The van der Waals surface area contributed by atoms with Crippen LogP contribution in [0.2, 0.25) is 0 Å². The lowest BCUT2D eigenvalue weighted by atomic mass is 10.1. The van der Waals surface area contributed by atoms with Gasteiger partial charge in [0.25, 0.3) is 0 Å². The van der Waals surface area contributed by atoms with Crippen LogP contribution in [0, 0.1) is 14.1 Å². The predicted octanol–water partition coefficient (Wildman–Crippen LogP) is 3.55. The molecule has 0 unspecified atom stereocenters. The Kier molecular flexibility index (Phi) is 3.39. The van der Waals surface area contributed by atoms with Crippen molar-refractivity contribution < 1.29 is 5.11 Å². The molecule has 0 aliphatic carbocycles. The lowest BCUT2D eigenvalue weighted by Gasteiger charge is -2.06. The van der Waals surface area contributed by atoms with Gasteiger partial charge >= 0.3 is 0 Å². The van der Waals surface area contributed by atoms with Crippen molar-refractivity contribution in [2.45, 2.75) is 6.92 Å². The SMILES string of the molecule is C=Cc1cc(C)c(I)c(O)c1I. The first-order valence-electron chi connectivity index (χ1n) is 3.38. The van der Waals surface area contributed by atoms with Crippen molar-refractivity contribution in [2.24, 2.45) is 0 Å². The fourth-order valence-electron chi connectivity index (χ4n) is 0.928. The first kappa shape index (κ1) is 10.3. The van der Waals surface area contributed by atoms with Gasteiger partial charge in [-0.25, -0.2) is 0 Å². The Balaban J connectivity index is 3.49. The molecular weight excluding hydrogens is 378 g/mol. The molecule has 0 heterocycles. The van der Waals surface area contributed by atoms with Crippen LogP contribution in [0.1, 0.15) is 11.1 Å². The van der Waals surface area contributed by atoms with Crippen LogP contribution in [0.4, 0.5) is 0 Å². The molecule has 1 aromatic carbocycles. The molecule has 0 saturated carbocycles. The highest BCUT2D eigenvalue weighted by atomic mass is 127. The molecule has 0 aliphatic rings. The summed E-state index contributed by atoms with van der Waals surface area (Å²) >= 11 is 4.26. The number of aryl methyl sites for hydroxylation is 1. The average Bonchev–Trinajstić information content (AvgIpc) is 2.08. The van der Waals surface area contributed by atoms with Crippen molar-refractivity contribution >= 4 is 51.3 Å². The monoisotopic (exact) mass is 386 g/mol. The van der Waals surface area contributed by atoms with Crippen LogP contribution in [-0.2, 0) is 0 Å². The summed E-state index contributed by atoms with van der Waals surface area (Å²) < 4.78 is 1.79. The number of benzene rings is 1. The zero-order valence-corrected chi connectivity index (χ0v) is 10.9. The molecule has 0 fully saturated rings. The zero-order chi connectivity index (χ0) is 9.30. The van der Waals surface area contributed by atoms with Crippen LogP contribution >= 0.6 is 45.2 Å². The van der Waals surface area contributed by atoms with Crippen molar-refractivity contribution in [3.63, 3.8) is 0 Å². The predicted molar refractivity (Wildman–Crippen MR) is 68.4 cm³/mol. The summed E-state index contributed by atoms with van der Waals surface area (Å²) in [7, 11) is 0. The summed E-state index contributed by atoms with van der Waals surface area (Å²) in [6, 6.07) is 2.02. The van der Waals surface area contributed by atoms with Crippen LogP contribution in [0.15, 0.2) is 12.6 Å². The standard InChI is InChI=1S/C9H8I2O/c1-3-6-4-5(2)7(10)9(12)8(6)11/h3-4,12H,1H2,2H3. The van der Waals surface area contributed by atoms with Gasteiger partial charge in [-0.3, -0.25) is 0 Å². The van der Waals surface area contributed by atoms with Crippen molar-refractivity contribution in [3.05, 3.63) is 30.9 Å². The molecule has 0 aromatic heterocycles. The highest BCUT2D eigenvalue weighted by molar-refractivity contribution is 14.1. The number of halogens is 2. The van der Waals surface area contributed by atoms with E-state index in [1.54, 1.807) is 6.08 Å². The van der Waals surface area contributed by atoms with Crippen LogP contribution in [0.25, 0.3) is 6.08 Å². The fourth-order valence-corrected chi connectivity index (χ4v) is 2.52. The van der Waals surface area contributed by atoms with E-state index < -0.39 is 0 Å². The number of phenolic OH excluding ortho intramolecular Hbond substituents is 1. The van der Waals surface area contributed by atoms with Crippen LogP contribution in [0.3, 0.4) is 0 Å². The third-order valence-corrected chi connectivity index (χ3v) is 4.10. The van der Waals surface area contributed by atoms with E-state index in [4.69, 9.17) is 0 Å². The minimum absolute atomic E-state index is 0.367. The summed E-state index contributed by atoms with van der Waals surface area (Å²) in [6.45, 7) is 5.66. The third kappa shape index (κ3) is 1.76. The van der Waals surface area contributed by atoms with Crippen molar-refractivity contribution in [3.8, 4) is 5.75 Å². The van der Waals surface area contributed by atoms with E-state index in [0.29, 0.717) is 5.75 Å². The highest BCUT2D eigenvalue weighted by Gasteiger charge is 2.09. The molecule has 0 amide bonds. The van der Waals surface area contributed by atoms with Gasteiger partial charge in [0, 0.05) is 0 Å². The molecular formula is C9H8I2O. The van der Waals surface area contributed by atoms with Crippen LogP contribution in [-0.4, -0.2) is 5.11 Å². The van der Waals surface area contributed by atoms with E-state index in [1.165, 1.54) is 0 Å². The fraction of sp³-hybridized carbons (Fsp3) is 0.111. The Morgan fingerprint density at radius 2 is 2.00 bits per heavy atom. The summed E-state index contributed by atoms with van der Waals surface area (Å²) in [5.74, 6) is 0.367. The minimum Gasteiger partial charge on any atom is -0.506 e. The third-order valence-electron chi connectivity index (χ3n) is 1.61. The molecule has 1 N–H and O–H groups in total. The number of phenols is 1. The van der Waals surface area contributed by atoms with Crippen molar-refractivity contribution in [1.82, 2.24) is 0 Å². The maximum Gasteiger partial charge on any atom is 0.143 e. The number of hydrogen-bond acceptors (Lipinski definition) is 1. The minimum atomic E-state index is 0.367. The van der Waals surface area contributed by atoms with E-state index >= 15 is 0 Å². The molecule has 0 saturated heterocycles. The summed E-state index contributed by atoms with van der Waals surface area (Å²) in [5.41, 5.74) is 2.08. The van der Waals surface area contributed by atoms with E-state index in [1.807, 2.05) is 13.0 Å². The maximum absolute atomic E-state index is 9.64. The van der Waals surface area contributed by atoms with E-state index in [2.05, 4.69) is 51.8 Å². The molecule has 0 spiro atoms. The highest BCUT2D eigenvalue weighted by Crippen LogP contribution is 2.31. The lowest BCUT2D eigenvalue weighted by molar-refractivity contribution is 0.467. The first-order chi connectivity index (χ1) is 5.57. The summed E-state index contributed by atoms with van der Waals surface area (Å²) in [5, 5.41) is 9.64. The molecule has 0 aliphatic heterocycles. The second-order valence-corrected chi connectivity index (χ2v) is 4.62. The maximum atomic E-state index is 9.64. The van der Waals surface area contributed by atoms with Gasteiger partial charge in [-0.05, 0) is 69.3 Å². The summed E-state index contributed by atoms with van der Waals surface area (Å²) in [6.07, 6.45) is 1.75. The second kappa shape index (κ2) is 3.95. The van der Waals surface area contributed by atoms with Crippen molar-refractivity contribution in [2.75, 3.05) is 0 Å². The molecule has 1 aromatic rings. The number of hydrogen-bond donors (Lipinski definition) is 1. The van der Waals surface area contributed by atoms with Crippen molar-refractivity contribution in [1.29, 1.82) is 0 Å². The Hall–Kier alpha value is 0.220. The molecule has 3 heteroatoms. The van der Waals surface area contributed by atoms with Gasteiger partial charge in [0.1, 0.15) is 5.75 Å². The number of rotatable bonds is 1. The van der Waals surface area contributed by atoms with Gasteiger partial charge in [-0.15, -0.1) is 0 Å². The molecule has 0 atom stereocenters. The smallest absolute Gasteiger partial charge is 0.143 e. The Bertz CT molecular complexity index is 332. The van der Waals surface area contributed by atoms with Crippen LogP contribution < -0.4 is 0 Å². The summed E-state index contributed by atoms with van der Waals surface area (Å²) in [4.78, 5) is 0. The topological polar surface area (TPSA) is 20.2 Å². The quantitative estimate of drug-likeness (QED) is 0.733. The molecule has 1 nitrogen and oxygen atoms in total. The normalized spacial score (nSPS) is 9.92. The lowest BCUT2D eigenvalue weighted by Crippen LogP contribution is -1.88. The molecule has 1 rings (SSSR count). The van der Waals surface area contributed by atoms with Gasteiger partial charge in [0.15, 0.2) is 0 Å². The van der Waals surface area contributed by atoms with Gasteiger partial charge in [-0.1, -0.05) is 12.7 Å².